The maximum absolute atomic E-state index is 5.75. The van der Waals surface area contributed by atoms with E-state index in [0.717, 1.165) is 42.7 Å². The van der Waals surface area contributed by atoms with Crippen LogP contribution in [-0.4, -0.2) is 35.5 Å². The Bertz CT molecular complexity index is 623. The summed E-state index contributed by atoms with van der Waals surface area (Å²) in [6.07, 6.45) is 5.49. The molecule has 0 saturated carbocycles. The van der Waals surface area contributed by atoms with E-state index in [-0.39, 0.29) is 0 Å². The predicted octanol–water partition coefficient (Wildman–Crippen LogP) is 3.17. The fourth-order valence-electron chi connectivity index (χ4n) is 3.05. The topological polar surface area (TPSA) is 45.4 Å². The van der Waals surface area contributed by atoms with E-state index in [0.29, 0.717) is 6.04 Å². The lowest BCUT2D eigenvalue weighted by Gasteiger charge is -2.34. The summed E-state index contributed by atoms with van der Waals surface area (Å²) in [7, 11) is 3.95. The highest BCUT2D eigenvalue weighted by Gasteiger charge is 2.26. The Kier molecular flexibility index (Phi) is 4.43. The molecule has 1 atom stereocenters. The molecule has 2 aromatic rings. The molecular formula is C17H24N4O. The molecule has 3 heterocycles. The molecule has 0 aliphatic carbocycles. The Morgan fingerprint density at radius 3 is 2.86 bits per heavy atom. The number of nitrogens with zero attached hydrogens (tertiary/aromatic N) is 4. The first-order valence-electron chi connectivity index (χ1n) is 7.93. The summed E-state index contributed by atoms with van der Waals surface area (Å²) in [4.78, 5) is 13.5. The van der Waals surface area contributed by atoms with E-state index in [2.05, 4.69) is 16.0 Å². The van der Waals surface area contributed by atoms with E-state index in [9.17, 15) is 0 Å². The number of rotatable bonds is 4. The van der Waals surface area contributed by atoms with Gasteiger partial charge >= 0.3 is 0 Å². The van der Waals surface area contributed by atoms with Gasteiger partial charge in [-0.2, -0.15) is 0 Å². The highest BCUT2D eigenvalue weighted by molar-refractivity contribution is 5.28. The minimum absolute atomic E-state index is 0.348. The molecule has 5 heteroatoms. The Labute approximate surface area is 132 Å². The van der Waals surface area contributed by atoms with Crippen LogP contribution >= 0.6 is 0 Å². The SMILES string of the molecule is Cc1ccc(CN2CCCCC2c2ccnc(N(C)C)n2)o1. The molecule has 0 bridgehead atoms. The first kappa shape index (κ1) is 15.0. The fraction of sp³-hybridized carbons (Fsp3) is 0.529. The number of anilines is 1. The standard InChI is InChI=1S/C17H24N4O/c1-13-7-8-14(22-13)12-21-11-5-4-6-16(21)15-9-10-18-17(19-15)20(2)3/h7-10,16H,4-6,11-12H2,1-3H3. The summed E-state index contributed by atoms with van der Waals surface area (Å²) < 4.78 is 5.75. The molecule has 22 heavy (non-hydrogen) atoms. The Morgan fingerprint density at radius 1 is 1.27 bits per heavy atom. The highest BCUT2D eigenvalue weighted by Crippen LogP contribution is 2.31. The molecule has 1 saturated heterocycles. The van der Waals surface area contributed by atoms with Gasteiger partial charge in [0, 0.05) is 20.3 Å². The van der Waals surface area contributed by atoms with Crippen molar-refractivity contribution in [1.82, 2.24) is 14.9 Å². The molecule has 1 unspecified atom stereocenters. The molecule has 118 valence electrons. The lowest BCUT2D eigenvalue weighted by atomic mass is 9.99. The predicted molar refractivity (Wildman–Crippen MR) is 86.8 cm³/mol. The number of piperidine rings is 1. The van der Waals surface area contributed by atoms with Crippen molar-refractivity contribution < 1.29 is 4.42 Å². The molecule has 2 aromatic heterocycles. The number of likely N-dealkylation sites (tertiary alicyclic amines) is 1. The second-order valence-corrected chi connectivity index (χ2v) is 6.17. The van der Waals surface area contributed by atoms with E-state index >= 15 is 0 Å². The van der Waals surface area contributed by atoms with Gasteiger partial charge in [-0.3, -0.25) is 4.90 Å². The molecule has 0 spiro atoms. The van der Waals surface area contributed by atoms with Gasteiger partial charge in [0.05, 0.1) is 18.3 Å². The van der Waals surface area contributed by atoms with Gasteiger partial charge in [-0.15, -0.1) is 0 Å². The van der Waals surface area contributed by atoms with Crippen molar-refractivity contribution in [2.45, 2.75) is 38.8 Å². The molecule has 1 fully saturated rings. The zero-order valence-corrected chi connectivity index (χ0v) is 13.6. The van der Waals surface area contributed by atoms with Crippen molar-refractivity contribution in [1.29, 1.82) is 0 Å². The number of aryl methyl sites for hydroxylation is 1. The van der Waals surface area contributed by atoms with Crippen LogP contribution in [0.4, 0.5) is 5.95 Å². The number of hydrogen-bond acceptors (Lipinski definition) is 5. The molecule has 0 N–H and O–H groups in total. The monoisotopic (exact) mass is 300 g/mol. The number of aromatic nitrogens is 2. The third-order valence-corrected chi connectivity index (χ3v) is 4.17. The van der Waals surface area contributed by atoms with Gasteiger partial charge in [0.25, 0.3) is 0 Å². The molecule has 1 aliphatic heterocycles. The summed E-state index contributed by atoms with van der Waals surface area (Å²) in [6, 6.07) is 6.50. The summed E-state index contributed by atoms with van der Waals surface area (Å²) in [5, 5.41) is 0. The van der Waals surface area contributed by atoms with Gasteiger partial charge in [-0.1, -0.05) is 6.42 Å². The second-order valence-electron chi connectivity index (χ2n) is 6.17. The molecule has 5 nitrogen and oxygen atoms in total. The summed E-state index contributed by atoms with van der Waals surface area (Å²) in [6.45, 7) is 3.93. The summed E-state index contributed by atoms with van der Waals surface area (Å²) in [5.74, 6) is 2.78. The van der Waals surface area contributed by atoms with Crippen LogP contribution in [0, 0.1) is 6.92 Å². The smallest absolute Gasteiger partial charge is 0.225 e. The average Bonchev–Trinajstić information content (AvgIpc) is 2.93. The lowest BCUT2D eigenvalue weighted by molar-refractivity contribution is 0.127. The van der Waals surface area contributed by atoms with Crippen molar-refractivity contribution in [2.24, 2.45) is 0 Å². The van der Waals surface area contributed by atoms with Gasteiger partial charge in [0.2, 0.25) is 5.95 Å². The third kappa shape index (κ3) is 3.30. The van der Waals surface area contributed by atoms with Crippen LogP contribution in [0.2, 0.25) is 0 Å². The number of furan rings is 1. The van der Waals surface area contributed by atoms with Crippen molar-refractivity contribution >= 4 is 5.95 Å². The van der Waals surface area contributed by atoms with Crippen LogP contribution in [0.3, 0.4) is 0 Å². The van der Waals surface area contributed by atoms with Crippen molar-refractivity contribution in [3.63, 3.8) is 0 Å². The zero-order valence-electron chi connectivity index (χ0n) is 13.6. The Morgan fingerprint density at radius 2 is 2.14 bits per heavy atom. The normalized spacial score (nSPS) is 19.3. The van der Waals surface area contributed by atoms with Crippen molar-refractivity contribution in [3.05, 3.63) is 41.6 Å². The van der Waals surface area contributed by atoms with E-state index in [1.165, 1.54) is 12.8 Å². The summed E-state index contributed by atoms with van der Waals surface area (Å²) >= 11 is 0. The molecule has 1 aliphatic rings. The minimum atomic E-state index is 0.348. The van der Waals surface area contributed by atoms with Crippen molar-refractivity contribution in [3.8, 4) is 0 Å². The van der Waals surface area contributed by atoms with Crippen LogP contribution in [-0.2, 0) is 6.54 Å². The molecular weight excluding hydrogens is 276 g/mol. The number of hydrogen-bond donors (Lipinski definition) is 0. The summed E-state index contributed by atoms with van der Waals surface area (Å²) in [5.41, 5.74) is 1.11. The molecule has 3 rings (SSSR count). The van der Waals surface area contributed by atoms with Gasteiger partial charge in [0.15, 0.2) is 0 Å². The molecule has 0 radical (unpaired) electrons. The Balaban J connectivity index is 1.81. The van der Waals surface area contributed by atoms with Crippen LogP contribution in [0.25, 0.3) is 0 Å². The molecule has 0 aromatic carbocycles. The van der Waals surface area contributed by atoms with Crippen LogP contribution < -0.4 is 4.90 Å². The average molecular weight is 300 g/mol. The van der Waals surface area contributed by atoms with Gasteiger partial charge in [-0.05, 0) is 44.5 Å². The fourth-order valence-corrected chi connectivity index (χ4v) is 3.05. The quantitative estimate of drug-likeness (QED) is 0.868. The lowest BCUT2D eigenvalue weighted by Crippen LogP contribution is -2.33. The highest BCUT2D eigenvalue weighted by atomic mass is 16.3. The largest absolute Gasteiger partial charge is 0.465 e. The Hall–Kier alpha value is -1.88. The first-order chi connectivity index (χ1) is 10.6. The zero-order chi connectivity index (χ0) is 15.5. The van der Waals surface area contributed by atoms with Crippen LogP contribution in [0.1, 0.15) is 42.5 Å². The van der Waals surface area contributed by atoms with Crippen LogP contribution in [0.5, 0.6) is 0 Å². The maximum atomic E-state index is 5.75. The van der Waals surface area contributed by atoms with Gasteiger partial charge < -0.3 is 9.32 Å². The minimum Gasteiger partial charge on any atom is -0.465 e. The third-order valence-electron chi connectivity index (χ3n) is 4.17. The van der Waals surface area contributed by atoms with E-state index in [1.807, 2.05) is 44.2 Å². The van der Waals surface area contributed by atoms with E-state index in [4.69, 9.17) is 9.40 Å². The van der Waals surface area contributed by atoms with Crippen LogP contribution in [0.15, 0.2) is 28.8 Å². The first-order valence-corrected chi connectivity index (χ1v) is 7.93. The van der Waals surface area contributed by atoms with E-state index in [1.54, 1.807) is 0 Å². The molecule has 0 amide bonds. The maximum Gasteiger partial charge on any atom is 0.225 e. The van der Waals surface area contributed by atoms with Gasteiger partial charge in [-0.25, -0.2) is 9.97 Å². The van der Waals surface area contributed by atoms with E-state index < -0.39 is 0 Å². The second kappa shape index (κ2) is 6.48. The van der Waals surface area contributed by atoms with Gasteiger partial charge in [0.1, 0.15) is 11.5 Å². The van der Waals surface area contributed by atoms with Crippen molar-refractivity contribution in [2.75, 3.05) is 25.5 Å².